The highest BCUT2D eigenvalue weighted by atomic mass is 16.2. The van der Waals surface area contributed by atoms with Crippen LogP contribution in [0.25, 0.3) is 0 Å². The van der Waals surface area contributed by atoms with Crippen LogP contribution < -0.4 is 16.4 Å². The lowest BCUT2D eigenvalue weighted by Crippen LogP contribution is -2.29. The van der Waals surface area contributed by atoms with Crippen LogP contribution in [0, 0.1) is 0 Å². The summed E-state index contributed by atoms with van der Waals surface area (Å²) in [6.45, 7) is 0.186. The van der Waals surface area contributed by atoms with Gasteiger partial charge in [-0.3, -0.25) is 19.1 Å². The summed E-state index contributed by atoms with van der Waals surface area (Å²) in [5.41, 5.74) is 6.38. The zero-order valence-corrected chi connectivity index (χ0v) is 12.6. The molecule has 0 radical (unpaired) electrons. The molecule has 0 bridgehead atoms. The van der Waals surface area contributed by atoms with Crippen molar-refractivity contribution in [3.8, 4) is 0 Å². The Kier molecular flexibility index (Phi) is 5.08. The summed E-state index contributed by atoms with van der Waals surface area (Å²) >= 11 is 0. The first-order chi connectivity index (χ1) is 11.0. The number of nitrogens with two attached hydrogens (primary N) is 1. The third-order valence-electron chi connectivity index (χ3n) is 3.12. The van der Waals surface area contributed by atoms with Crippen molar-refractivity contribution in [1.82, 2.24) is 15.1 Å². The molecular formula is C15H17N5O3. The second-order valence-corrected chi connectivity index (χ2v) is 4.84. The molecule has 120 valence electrons. The third kappa shape index (κ3) is 4.40. The Labute approximate surface area is 132 Å². The van der Waals surface area contributed by atoms with E-state index in [4.69, 9.17) is 5.73 Å². The Hall–Kier alpha value is -3.16. The molecule has 1 heterocycles. The predicted octanol–water partition coefficient (Wildman–Crippen LogP) is 0.278. The standard InChI is InChI=1S/C15H17N5O3/c1-20-12(5-8-18-20)15(23)17-7-6-13(21)19-11-4-2-3-10(9-11)14(16)22/h2-5,8-9H,6-7H2,1H3,(H2,16,22)(H,17,23)(H,19,21). The van der Waals surface area contributed by atoms with E-state index >= 15 is 0 Å². The fourth-order valence-electron chi connectivity index (χ4n) is 1.95. The van der Waals surface area contributed by atoms with E-state index in [1.165, 1.54) is 16.9 Å². The monoisotopic (exact) mass is 315 g/mol. The second-order valence-electron chi connectivity index (χ2n) is 4.84. The van der Waals surface area contributed by atoms with Gasteiger partial charge in [-0.1, -0.05) is 6.07 Å². The van der Waals surface area contributed by atoms with Gasteiger partial charge < -0.3 is 16.4 Å². The molecule has 8 heteroatoms. The van der Waals surface area contributed by atoms with Gasteiger partial charge in [-0.25, -0.2) is 0 Å². The maximum absolute atomic E-state index is 11.8. The van der Waals surface area contributed by atoms with Crippen molar-refractivity contribution in [3.05, 3.63) is 47.8 Å². The molecule has 3 amide bonds. The number of aromatic nitrogens is 2. The van der Waals surface area contributed by atoms with E-state index in [-0.39, 0.29) is 24.8 Å². The number of carbonyl (C=O) groups excluding carboxylic acids is 3. The highest BCUT2D eigenvalue weighted by Crippen LogP contribution is 2.10. The van der Waals surface area contributed by atoms with Crippen molar-refractivity contribution < 1.29 is 14.4 Å². The van der Waals surface area contributed by atoms with E-state index < -0.39 is 5.91 Å². The van der Waals surface area contributed by atoms with Crippen LogP contribution in [0.3, 0.4) is 0 Å². The van der Waals surface area contributed by atoms with Crippen molar-refractivity contribution in [3.63, 3.8) is 0 Å². The SMILES string of the molecule is Cn1nccc1C(=O)NCCC(=O)Nc1cccc(C(N)=O)c1. The summed E-state index contributed by atoms with van der Waals surface area (Å²) in [5.74, 6) is -1.14. The average molecular weight is 315 g/mol. The number of nitrogens with one attached hydrogen (secondary N) is 2. The Morgan fingerprint density at radius 3 is 2.70 bits per heavy atom. The highest BCUT2D eigenvalue weighted by molar-refractivity contribution is 5.96. The van der Waals surface area contributed by atoms with Gasteiger partial charge in [0.05, 0.1) is 0 Å². The molecule has 0 atom stereocenters. The number of benzene rings is 1. The van der Waals surface area contributed by atoms with Gasteiger partial charge in [0.25, 0.3) is 5.91 Å². The summed E-state index contributed by atoms with van der Waals surface area (Å²) in [5, 5.41) is 9.18. The van der Waals surface area contributed by atoms with Gasteiger partial charge in [0.2, 0.25) is 11.8 Å². The number of primary amides is 1. The van der Waals surface area contributed by atoms with Crippen molar-refractivity contribution >= 4 is 23.4 Å². The molecule has 2 rings (SSSR count). The third-order valence-corrected chi connectivity index (χ3v) is 3.12. The van der Waals surface area contributed by atoms with Crippen LogP contribution in [-0.2, 0) is 11.8 Å². The van der Waals surface area contributed by atoms with Gasteiger partial charge in [-0.15, -0.1) is 0 Å². The molecule has 1 aromatic heterocycles. The molecule has 2 aromatic rings. The summed E-state index contributed by atoms with van der Waals surface area (Å²) in [6.07, 6.45) is 1.62. The molecular weight excluding hydrogens is 298 g/mol. The maximum Gasteiger partial charge on any atom is 0.269 e. The van der Waals surface area contributed by atoms with Crippen LogP contribution in [0.2, 0.25) is 0 Å². The quantitative estimate of drug-likeness (QED) is 0.709. The van der Waals surface area contributed by atoms with Gasteiger partial charge in [0.1, 0.15) is 5.69 Å². The molecule has 0 saturated carbocycles. The number of carbonyl (C=O) groups is 3. The number of aryl methyl sites for hydroxylation is 1. The first kappa shape index (κ1) is 16.2. The molecule has 0 aliphatic heterocycles. The van der Waals surface area contributed by atoms with Gasteiger partial charge in [-0.05, 0) is 24.3 Å². The second kappa shape index (κ2) is 7.21. The fourth-order valence-corrected chi connectivity index (χ4v) is 1.95. The van der Waals surface area contributed by atoms with Crippen LogP contribution in [0.5, 0.6) is 0 Å². The molecule has 1 aromatic carbocycles. The van der Waals surface area contributed by atoms with E-state index in [0.29, 0.717) is 16.9 Å². The van der Waals surface area contributed by atoms with Gasteiger partial charge in [0, 0.05) is 37.5 Å². The Bertz CT molecular complexity index is 738. The molecule has 0 fully saturated rings. The summed E-state index contributed by atoms with van der Waals surface area (Å²) in [6, 6.07) is 7.92. The molecule has 4 N–H and O–H groups in total. The zero-order chi connectivity index (χ0) is 16.8. The normalized spacial score (nSPS) is 10.1. The minimum absolute atomic E-state index is 0.102. The smallest absolute Gasteiger partial charge is 0.269 e. The molecule has 0 unspecified atom stereocenters. The molecule has 0 saturated heterocycles. The van der Waals surface area contributed by atoms with Crippen molar-refractivity contribution in [2.45, 2.75) is 6.42 Å². The van der Waals surface area contributed by atoms with E-state index in [1.807, 2.05) is 0 Å². The first-order valence-electron chi connectivity index (χ1n) is 6.93. The van der Waals surface area contributed by atoms with Gasteiger partial charge in [-0.2, -0.15) is 5.10 Å². The van der Waals surface area contributed by atoms with Crippen LogP contribution >= 0.6 is 0 Å². The Morgan fingerprint density at radius 1 is 1.26 bits per heavy atom. The lowest BCUT2D eigenvalue weighted by Gasteiger charge is -2.07. The van der Waals surface area contributed by atoms with Crippen LogP contribution in [-0.4, -0.2) is 34.0 Å². The maximum atomic E-state index is 11.8. The van der Waals surface area contributed by atoms with Crippen LogP contribution in [0.1, 0.15) is 27.3 Å². The number of anilines is 1. The Balaban J connectivity index is 1.81. The summed E-state index contributed by atoms with van der Waals surface area (Å²) in [7, 11) is 1.66. The zero-order valence-electron chi connectivity index (χ0n) is 12.6. The predicted molar refractivity (Wildman–Crippen MR) is 83.7 cm³/mol. The number of rotatable bonds is 6. The molecule has 0 spiro atoms. The first-order valence-corrected chi connectivity index (χ1v) is 6.93. The fraction of sp³-hybridized carbons (Fsp3) is 0.200. The van der Waals surface area contributed by atoms with E-state index in [9.17, 15) is 14.4 Å². The lowest BCUT2D eigenvalue weighted by molar-refractivity contribution is -0.116. The highest BCUT2D eigenvalue weighted by Gasteiger charge is 2.10. The number of hydrogen-bond acceptors (Lipinski definition) is 4. The van der Waals surface area contributed by atoms with Crippen LogP contribution in [0.4, 0.5) is 5.69 Å². The van der Waals surface area contributed by atoms with E-state index in [0.717, 1.165) is 0 Å². The van der Waals surface area contributed by atoms with Crippen molar-refractivity contribution in [1.29, 1.82) is 0 Å². The van der Waals surface area contributed by atoms with E-state index in [2.05, 4.69) is 15.7 Å². The minimum atomic E-state index is -0.565. The average Bonchev–Trinajstić information content (AvgIpc) is 2.93. The van der Waals surface area contributed by atoms with Gasteiger partial charge >= 0.3 is 0 Å². The number of amides is 3. The molecule has 23 heavy (non-hydrogen) atoms. The topological polar surface area (TPSA) is 119 Å². The molecule has 0 aliphatic rings. The summed E-state index contributed by atoms with van der Waals surface area (Å²) in [4.78, 5) is 34.7. The Morgan fingerprint density at radius 2 is 2.04 bits per heavy atom. The number of nitrogens with zero attached hydrogens (tertiary/aromatic N) is 2. The van der Waals surface area contributed by atoms with Crippen LogP contribution in [0.15, 0.2) is 36.5 Å². The van der Waals surface area contributed by atoms with E-state index in [1.54, 1.807) is 31.3 Å². The lowest BCUT2D eigenvalue weighted by atomic mass is 10.2. The van der Waals surface area contributed by atoms with Crippen molar-refractivity contribution in [2.24, 2.45) is 12.8 Å². The molecule has 0 aliphatic carbocycles. The minimum Gasteiger partial charge on any atom is -0.366 e. The number of hydrogen-bond donors (Lipinski definition) is 3. The molecule has 8 nitrogen and oxygen atoms in total. The van der Waals surface area contributed by atoms with Crippen molar-refractivity contribution in [2.75, 3.05) is 11.9 Å². The largest absolute Gasteiger partial charge is 0.366 e. The summed E-state index contributed by atoms with van der Waals surface area (Å²) < 4.78 is 1.45. The van der Waals surface area contributed by atoms with Gasteiger partial charge in [0.15, 0.2) is 0 Å².